The molecule has 1 amide bonds. The lowest BCUT2D eigenvalue weighted by Gasteiger charge is -2.17. The Bertz CT molecular complexity index is 1160. The molecule has 1 aromatic heterocycles. The first-order valence-corrected chi connectivity index (χ1v) is 9.73. The predicted molar refractivity (Wildman–Crippen MR) is 116 cm³/mol. The number of carbonyl (C=O) groups excluding carboxylic acids is 2. The van der Waals surface area contributed by atoms with Gasteiger partial charge in [-0.25, -0.2) is 4.79 Å². The number of fused-ring (bicyclic) bond motifs is 1. The number of esters is 1. The second-order valence-corrected chi connectivity index (χ2v) is 7.91. The Morgan fingerprint density at radius 1 is 1.14 bits per heavy atom. The van der Waals surface area contributed by atoms with Crippen LogP contribution in [-0.4, -0.2) is 27.9 Å². The summed E-state index contributed by atoms with van der Waals surface area (Å²) in [6, 6.07) is 14.8. The van der Waals surface area contributed by atoms with Gasteiger partial charge in [-0.1, -0.05) is 54.3 Å². The maximum absolute atomic E-state index is 13.1. The van der Waals surface area contributed by atoms with E-state index < -0.39 is 5.97 Å². The van der Waals surface area contributed by atoms with Crippen LogP contribution in [0.5, 0.6) is 0 Å². The topological polar surface area (TPSA) is 51.5 Å². The summed E-state index contributed by atoms with van der Waals surface area (Å²) in [7, 11) is 3.28. The van der Waals surface area contributed by atoms with Crippen molar-refractivity contribution in [3.63, 3.8) is 0 Å². The Morgan fingerprint density at radius 3 is 2.64 bits per heavy atom. The number of thiocarbonyl (C=S) groups is 1. The molecule has 0 bridgehead atoms. The number of aromatic nitrogens is 1. The fourth-order valence-corrected chi connectivity index (χ4v) is 4.53. The van der Waals surface area contributed by atoms with Crippen LogP contribution >= 0.6 is 24.0 Å². The average Bonchev–Trinajstić information content (AvgIpc) is 3.17. The van der Waals surface area contributed by atoms with Crippen LogP contribution in [-0.2, 0) is 16.6 Å². The van der Waals surface area contributed by atoms with E-state index in [9.17, 15) is 9.59 Å². The summed E-state index contributed by atoms with van der Waals surface area (Å²) in [5.41, 5.74) is 2.76. The number of anilines is 1. The Labute approximate surface area is 171 Å². The number of ether oxygens (including phenoxy) is 1. The number of rotatable bonds is 3. The van der Waals surface area contributed by atoms with Crippen molar-refractivity contribution in [3.8, 4) is 0 Å². The fourth-order valence-electron chi connectivity index (χ4n) is 3.26. The number of hydrogen-bond acceptors (Lipinski definition) is 5. The van der Waals surface area contributed by atoms with Gasteiger partial charge in [0.25, 0.3) is 5.91 Å². The van der Waals surface area contributed by atoms with Gasteiger partial charge in [-0.05, 0) is 24.3 Å². The number of benzene rings is 2. The molecule has 0 atom stereocenters. The number of nitrogens with zero attached hydrogens (tertiary/aromatic N) is 2. The van der Waals surface area contributed by atoms with Crippen LogP contribution in [0.15, 0.2) is 59.6 Å². The first-order chi connectivity index (χ1) is 13.5. The zero-order valence-corrected chi connectivity index (χ0v) is 16.8. The van der Waals surface area contributed by atoms with Crippen molar-refractivity contribution in [1.29, 1.82) is 0 Å². The van der Waals surface area contributed by atoms with E-state index >= 15 is 0 Å². The number of aryl methyl sites for hydroxylation is 1. The van der Waals surface area contributed by atoms with Crippen molar-refractivity contribution < 1.29 is 14.3 Å². The SMILES string of the molecule is COC(=O)c1ccccc1N1C(=O)/C(=C/c2cn(C)c3ccccc23)SC1=S. The summed E-state index contributed by atoms with van der Waals surface area (Å²) >= 11 is 6.67. The van der Waals surface area contributed by atoms with Crippen LogP contribution in [0.3, 0.4) is 0 Å². The first kappa shape index (κ1) is 18.5. The minimum absolute atomic E-state index is 0.251. The fraction of sp³-hybridized carbons (Fsp3) is 0.0952. The molecule has 1 fully saturated rings. The lowest BCUT2D eigenvalue weighted by molar-refractivity contribution is -0.113. The summed E-state index contributed by atoms with van der Waals surface area (Å²) in [5, 5.41) is 1.06. The summed E-state index contributed by atoms with van der Waals surface area (Å²) < 4.78 is 7.24. The van der Waals surface area contributed by atoms with Crippen molar-refractivity contribution in [2.45, 2.75) is 0 Å². The van der Waals surface area contributed by atoms with Gasteiger partial charge in [-0.15, -0.1) is 0 Å². The molecule has 1 aliphatic rings. The number of amides is 1. The maximum atomic E-state index is 13.1. The van der Waals surface area contributed by atoms with Gasteiger partial charge in [-0.3, -0.25) is 9.69 Å². The van der Waals surface area contributed by atoms with Gasteiger partial charge < -0.3 is 9.30 Å². The Balaban J connectivity index is 1.76. The molecule has 0 radical (unpaired) electrons. The van der Waals surface area contributed by atoms with Crippen LogP contribution in [0.2, 0.25) is 0 Å². The van der Waals surface area contributed by atoms with E-state index in [4.69, 9.17) is 17.0 Å². The summed E-state index contributed by atoms with van der Waals surface area (Å²) in [4.78, 5) is 27.1. The number of thioether (sulfide) groups is 1. The van der Waals surface area contributed by atoms with Crippen molar-refractivity contribution in [2.75, 3.05) is 12.0 Å². The van der Waals surface area contributed by atoms with E-state index in [2.05, 4.69) is 0 Å². The number of para-hydroxylation sites is 2. The molecular weight excluding hydrogens is 392 g/mol. The van der Waals surface area contributed by atoms with E-state index in [1.165, 1.54) is 23.8 Å². The predicted octanol–water partition coefficient (Wildman–Crippen LogP) is 4.37. The molecule has 7 heteroatoms. The molecule has 28 heavy (non-hydrogen) atoms. The standard InChI is InChI=1S/C21H16N2O3S2/c1-22-12-13(14-7-3-5-9-16(14)22)11-18-19(24)23(21(27)28-18)17-10-6-4-8-15(17)20(25)26-2/h3-12H,1-2H3/b18-11-. The molecule has 4 rings (SSSR count). The maximum Gasteiger partial charge on any atom is 0.339 e. The second-order valence-electron chi connectivity index (χ2n) is 6.24. The molecule has 2 aromatic carbocycles. The van der Waals surface area contributed by atoms with Gasteiger partial charge >= 0.3 is 5.97 Å². The minimum Gasteiger partial charge on any atom is -0.465 e. The van der Waals surface area contributed by atoms with Crippen LogP contribution in [0.4, 0.5) is 5.69 Å². The Morgan fingerprint density at radius 2 is 1.86 bits per heavy atom. The third-order valence-electron chi connectivity index (χ3n) is 4.56. The van der Waals surface area contributed by atoms with Gasteiger partial charge in [0.1, 0.15) is 0 Å². The zero-order valence-electron chi connectivity index (χ0n) is 15.2. The lowest BCUT2D eigenvalue weighted by Crippen LogP contribution is -2.29. The molecule has 0 spiro atoms. The van der Waals surface area contributed by atoms with E-state index in [-0.39, 0.29) is 5.91 Å². The molecule has 140 valence electrons. The van der Waals surface area contributed by atoms with E-state index in [1.54, 1.807) is 24.3 Å². The highest BCUT2D eigenvalue weighted by Gasteiger charge is 2.35. The normalized spacial score (nSPS) is 15.6. The third kappa shape index (κ3) is 3.02. The van der Waals surface area contributed by atoms with Crippen molar-refractivity contribution in [2.24, 2.45) is 7.05 Å². The van der Waals surface area contributed by atoms with Crippen LogP contribution < -0.4 is 4.90 Å². The lowest BCUT2D eigenvalue weighted by atomic mass is 10.1. The molecule has 2 heterocycles. The van der Waals surface area contributed by atoms with E-state index in [0.717, 1.165) is 16.5 Å². The summed E-state index contributed by atoms with van der Waals surface area (Å²) in [6.07, 6.45) is 3.84. The molecule has 0 aliphatic carbocycles. The van der Waals surface area contributed by atoms with Gasteiger partial charge in [0, 0.05) is 29.7 Å². The molecule has 5 nitrogen and oxygen atoms in total. The molecule has 1 aliphatic heterocycles. The summed E-state index contributed by atoms with van der Waals surface area (Å²) in [5.74, 6) is -0.762. The molecule has 0 saturated carbocycles. The Kier molecular flexibility index (Phi) is 4.78. The average molecular weight is 409 g/mol. The van der Waals surface area contributed by atoms with Crippen LogP contribution in [0.25, 0.3) is 17.0 Å². The van der Waals surface area contributed by atoms with Crippen molar-refractivity contribution in [3.05, 3.63) is 70.8 Å². The molecule has 0 unspecified atom stereocenters. The second kappa shape index (κ2) is 7.26. The summed E-state index contributed by atoms with van der Waals surface area (Å²) in [6.45, 7) is 0. The number of methoxy groups -OCH3 is 1. The minimum atomic E-state index is -0.511. The van der Waals surface area contributed by atoms with Crippen LogP contribution in [0, 0.1) is 0 Å². The van der Waals surface area contributed by atoms with Gasteiger partial charge in [-0.2, -0.15) is 0 Å². The smallest absolute Gasteiger partial charge is 0.339 e. The highest BCUT2D eigenvalue weighted by Crippen LogP contribution is 2.38. The molecule has 0 N–H and O–H groups in total. The third-order valence-corrected chi connectivity index (χ3v) is 5.86. The molecule has 1 saturated heterocycles. The van der Waals surface area contributed by atoms with Gasteiger partial charge in [0.2, 0.25) is 0 Å². The van der Waals surface area contributed by atoms with Crippen molar-refractivity contribution in [1.82, 2.24) is 4.57 Å². The van der Waals surface area contributed by atoms with E-state index in [1.807, 2.05) is 48.2 Å². The van der Waals surface area contributed by atoms with Crippen molar-refractivity contribution >= 4 is 62.8 Å². The van der Waals surface area contributed by atoms with E-state index in [0.29, 0.717) is 20.5 Å². The van der Waals surface area contributed by atoms with Gasteiger partial charge in [0.05, 0.1) is 23.3 Å². The Hall–Kier alpha value is -2.90. The van der Waals surface area contributed by atoms with Gasteiger partial charge in [0.15, 0.2) is 4.32 Å². The zero-order chi connectivity index (χ0) is 19.8. The number of hydrogen-bond donors (Lipinski definition) is 0. The molecular formula is C21H16N2O3S2. The largest absolute Gasteiger partial charge is 0.465 e. The monoisotopic (exact) mass is 408 g/mol. The highest BCUT2D eigenvalue weighted by molar-refractivity contribution is 8.27. The highest BCUT2D eigenvalue weighted by atomic mass is 32.2. The first-order valence-electron chi connectivity index (χ1n) is 8.50. The van der Waals surface area contributed by atoms with Crippen LogP contribution in [0.1, 0.15) is 15.9 Å². The number of carbonyl (C=O) groups is 2. The quantitative estimate of drug-likeness (QED) is 0.366. The molecule has 3 aromatic rings.